The van der Waals surface area contributed by atoms with Gasteiger partial charge in [-0.2, -0.15) is 5.10 Å². The molecule has 0 amide bonds. The Balaban J connectivity index is 1.87. The number of nitrogens with zero attached hydrogens (tertiary/aromatic N) is 4. The molecule has 4 rings (SSSR count). The number of hydrogen-bond acceptors (Lipinski definition) is 5. The van der Waals surface area contributed by atoms with Gasteiger partial charge in [-0.1, -0.05) is 18.2 Å². The summed E-state index contributed by atoms with van der Waals surface area (Å²) in [5.41, 5.74) is 1.06. The highest BCUT2D eigenvalue weighted by molar-refractivity contribution is 5.91. The minimum Gasteiger partial charge on any atom is -0.477 e. The van der Waals surface area contributed by atoms with Crippen molar-refractivity contribution < 1.29 is 14.6 Å². The third-order valence-electron chi connectivity index (χ3n) is 3.98. The summed E-state index contributed by atoms with van der Waals surface area (Å²) in [6.07, 6.45) is 2.20. The van der Waals surface area contributed by atoms with Crippen molar-refractivity contribution in [3.05, 3.63) is 48.2 Å². The summed E-state index contributed by atoms with van der Waals surface area (Å²) in [4.78, 5) is 22.8. The van der Waals surface area contributed by atoms with Crippen molar-refractivity contribution in [2.24, 2.45) is 0 Å². The fraction of sp³-hybridized carbons (Fsp3) is 0.250. The Kier molecular flexibility index (Phi) is 3.58. The number of aromatic carboxylic acids is 1. The quantitative estimate of drug-likeness (QED) is 0.758. The molecular formula is C16H15N5O3. The average Bonchev–Trinajstić information content (AvgIpc) is 3.33. The highest BCUT2D eigenvalue weighted by Crippen LogP contribution is 2.28. The van der Waals surface area contributed by atoms with Crippen molar-refractivity contribution in [1.82, 2.24) is 24.7 Å². The maximum absolute atomic E-state index is 11.4. The number of carbonyl (C=O) groups is 1. The van der Waals surface area contributed by atoms with Crippen molar-refractivity contribution in [2.75, 3.05) is 13.2 Å². The molecule has 1 aliphatic rings. The first-order valence-electron chi connectivity index (χ1n) is 7.61. The average molecular weight is 325 g/mol. The maximum atomic E-state index is 11.4. The summed E-state index contributed by atoms with van der Waals surface area (Å²) >= 11 is 0. The lowest BCUT2D eigenvalue weighted by Crippen LogP contribution is -2.05. The van der Waals surface area contributed by atoms with E-state index in [1.54, 1.807) is 4.68 Å². The predicted molar refractivity (Wildman–Crippen MR) is 84.1 cm³/mol. The molecule has 0 aliphatic carbocycles. The molecule has 0 radical (unpaired) electrons. The number of rotatable bonds is 4. The molecule has 8 nitrogen and oxygen atoms in total. The van der Waals surface area contributed by atoms with Gasteiger partial charge in [0.05, 0.1) is 18.6 Å². The molecule has 24 heavy (non-hydrogen) atoms. The largest absolute Gasteiger partial charge is 0.477 e. The predicted octanol–water partition coefficient (Wildman–Crippen LogP) is 1.86. The number of aromatic nitrogens is 5. The van der Waals surface area contributed by atoms with E-state index in [2.05, 4.69) is 20.1 Å². The highest BCUT2D eigenvalue weighted by Gasteiger charge is 2.27. The number of imidazole rings is 1. The molecule has 1 atom stereocenters. The van der Waals surface area contributed by atoms with E-state index in [0.29, 0.717) is 24.9 Å². The Morgan fingerprint density at radius 2 is 2.17 bits per heavy atom. The Morgan fingerprint density at radius 1 is 1.33 bits per heavy atom. The van der Waals surface area contributed by atoms with Gasteiger partial charge in [-0.05, 0) is 18.6 Å². The third kappa shape index (κ3) is 2.46. The number of benzene rings is 1. The summed E-state index contributed by atoms with van der Waals surface area (Å²) in [7, 11) is 0. The van der Waals surface area contributed by atoms with E-state index in [0.717, 1.165) is 12.1 Å². The monoisotopic (exact) mass is 325 g/mol. The number of carboxylic acid groups (broad SMARTS) is 1. The fourth-order valence-corrected chi connectivity index (χ4v) is 2.77. The van der Waals surface area contributed by atoms with Crippen LogP contribution in [0.3, 0.4) is 0 Å². The summed E-state index contributed by atoms with van der Waals surface area (Å²) in [6.45, 7) is 1.26. The van der Waals surface area contributed by atoms with Crippen LogP contribution in [-0.2, 0) is 4.74 Å². The van der Waals surface area contributed by atoms with Crippen LogP contribution >= 0.6 is 0 Å². The zero-order valence-electron chi connectivity index (χ0n) is 12.7. The van der Waals surface area contributed by atoms with Crippen molar-refractivity contribution >= 4 is 5.97 Å². The van der Waals surface area contributed by atoms with Crippen LogP contribution in [0.5, 0.6) is 0 Å². The minimum absolute atomic E-state index is 0.00574. The van der Waals surface area contributed by atoms with E-state index < -0.39 is 5.97 Å². The van der Waals surface area contributed by atoms with E-state index >= 15 is 0 Å². The van der Waals surface area contributed by atoms with Gasteiger partial charge in [0.15, 0.2) is 17.3 Å². The number of H-pyrrole nitrogens is 1. The van der Waals surface area contributed by atoms with Gasteiger partial charge in [-0.25, -0.2) is 19.4 Å². The Labute approximate surface area is 137 Å². The number of hydrogen-bond donors (Lipinski definition) is 2. The van der Waals surface area contributed by atoms with Crippen LogP contribution in [0.15, 0.2) is 36.7 Å². The van der Waals surface area contributed by atoms with Gasteiger partial charge in [0.2, 0.25) is 0 Å². The molecule has 1 aromatic carbocycles. The molecule has 3 heterocycles. The summed E-state index contributed by atoms with van der Waals surface area (Å²) in [5.74, 6) is 0.0734. The first-order valence-corrected chi connectivity index (χ1v) is 7.61. The number of nitrogens with one attached hydrogen (secondary N) is 1. The van der Waals surface area contributed by atoms with E-state index in [4.69, 9.17) is 4.74 Å². The van der Waals surface area contributed by atoms with Gasteiger partial charge >= 0.3 is 5.97 Å². The molecule has 0 saturated carbocycles. The van der Waals surface area contributed by atoms with Crippen molar-refractivity contribution in [3.8, 4) is 17.2 Å². The Morgan fingerprint density at radius 3 is 2.88 bits per heavy atom. The van der Waals surface area contributed by atoms with Crippen LogP contribution in [0.4, 0.5) is 0 Å². The normalized spacial score (nSPS) is 17.2. The van der Waals surface area contributed by atoms with Crippen LogP contribution in [0.25, 0.3) is 17.2 Å². The topological polar surface area (TPSA) is 106 Å². The smallest absolute Gasteiger partial charge is 0.354 e. The number of para-hydroxylation sites is 1. The van der Waals surface area contributed by atoms with Gasteiger partial charge in [-0.3, -0.25) is 0 Å². The molecular weight excluding hydrogens is 310 g/mol. The number of ether oxygens (including phenoxy) is 1. The minimum atomic E-state index is -1.09. The lowest BCUT2D eigenvalue weighted by molar-refractivity contribution is 0.0692. The summed E-state index contributed by atoms with van der Waals surface area (Å²) < 4.78 is 7.05. The second kappa shape index (κ2) is 5.89. The molecule has 8 heteroatoms. The second-order valence-electron chi connectivity index (χ2n) is 5.53. The number of aromatic amines is 1. The zero-order valence-corrected chi connectivity index (χ0v) is 12.7. The van der Waals surface area contributed by atoms with Crippen molar-refractivity contribution in [2.45, 2.75) is 12.3 Å². The Bertz CT molecular complexity index is 865. The second-order valence-corrected chi connectivity index (χ2v) is 5.53. The standard InChI is InChI=1S/C16H15N5O3/c22-16(23)13-12(17-9-18-13)15-19-14(10-6-7-24-8-10)20-21(15)11-4-2-1-3-5-11/h1-5,9-10H,6-8H2,(H,17,18)(H,22,23). The fourth-order valence-electron chi connectivity index (χ4n) is 2.77. The van der Waals surface area contributed by atoms with E-state index in [1.165, 1.54) is 6.33 Å². The van der Waals surface area contributed by atoms with Crippen molar-refractivity contribution in [3.63, 3.8) is 0 Å². The zero-order chi connectivity index (χ0) is 16.5. The first-order chi connectivity index (χ1) is 11.7. The van der Waals surface area contributed by atoms with Gasteiger partial charge in [0, 0.05) is 12.5 Å². The molecule has 1 unspecified atom stereocenters. The van der Waals surface area contributed by atoms with Crippen LogP contribution in [0.1, 0.15) is 28.7 Å². The van der Waals surface area contributed by atoms with Crippen LogP contribution in [0, 0.1) is 0 Å². The van der Waals surface area contributed by atoms with Gasteiger partial charge in [0.25, 0.3) is 0 Å². The molecule has 2 N–H and O–H groups in total. The SMILES string of the molecule is O=C(O)c1[nH]cnc1-c1nc(C2CCOC2)nn1-c1ccccc1. The summed E-state index contributed by atoms with van der Waals surface area (Å²) in [6, 6.07) is 9.47. The molecule has 0 spiro atoms. The van der Waals surface area contributed by atoms with Crippen LogP contribution in [0.2, 0.25) is 0 Å². The molecule has 0 bridgehead atoms. The molecule has 3 aromatic rings. The summed E-state index contributed by atoms with van der Waals surface area (Å²) in [5, 5.41) is 13.9. The molecule has 2 aromatic heterocycles. The van der Waals surface area contributed by atoms with E-state index in [1.807, 2.05) is 30.3 Å². The Hall–Kier alpha value is -3.00. The maximum Gasteiger partial charge on any atom is 0.354 e. The molecule has 1 saturated heterocycles. The lowest BCUT2D eigenvalue weighted by Gasteiger charge is -2.04. The molecule has 122 valence electrons. The third-order valence-corrected chi connectivity index (χ3v) is 3.98. The highest BCUT2D eigenvalue weighted by atomic mass is 16.5. The van der Waals surface area contributed by atoms with E-state index in [-0.39, 0.29) is 17.3 Å². The number of carboxylic acids is 1. The first kappa shape index (κ1) is 14.6. The lowest BCUT2D eigenvalue weighted by atomic mass is 10.1. The van der Waals surface area contributed by atoms with Crippen molar-refractivity contribution in [1.29, 1.82) is 0 Å². The van der Waals surface area contributed by atoms with Crippen LogP contribution in [-0.4, -0.2) is 49.0 Å². The van der Waals surface area contributed by atoms with Gasteiger partial charge in [-0.15, -0.1) is 0 Å². The van der Waals surface area contributed by atoms with Gasteiger partial charge in [0.1, 0.15) is 5.69 Å². The van der Waals surface area contributed by atoms with Crippen LogP contribution < -0.4 is 0 Å². The molecule has 1 aliphatic heterocycles. The van der Waals surface area contributed by atoms with E-state index in [9.17, 15) is 9.90 Å². The molecule has 1 fully saturated rings. The van der Waals surface area contributed by atoms with Gasteiger partial charge < -0.3 is 14.8 Å².